The molecule has 0 unspecified atom stereocenters. The Hall–Kier alpha value is -2.99. The molecular formula is C21H18BrN3O2. The Morgan fingerprint density at radius 3 is 2.48 bits per heavy atom. The van der Waals surface area contributed by atoms with Crippen LogP contribution in [0, 0.1) is 13.8 Å². The van der Waals surface area contributed by atoms with E-state index in [0.29, 0.717) is 22.6 Å². The molecule has 0 bridgehead atoms. The third kappa shape index (κ3) is 4.80. The number of carbonyl (C=O) groups is 2. The largest absolute Gasteiger partial charge is 0.322 e. The molecule has 3 rings (SSSR count). The van der Waals surface area contributed by atoms with E-state index in [1.54, 1.807) is 42.6 Å². The van der Waals surface area contributed by atoms with E-state index in [0.717, 1.165) is 15.6 Å². The van der Waals surface area contributed by atoms with E-state index in [2.05, 4.69) is 31.5 Å². The average molecular weight is 424 g/mol. The van der Waals surface area contributed by atoms with Gasteiger partial charge in [0, 0.05) is 27.5 Å². The summed E-state index contributed by atoms with van der Waals surface area (Å²) in [4.78, 5) is 29.1. The fraction of sp³-hybridized carbons (Fsp3) is 0.0952. The summed E-state index contributed by atoms with van der Waals surface area (Å²) in [5.74, 6) is -0.0518. The van der Waals surface area contributed by atoms with Crippen LogP contribution in [0.1, 0.15) is 31.8 Å². The van der Waals surface area contributed by atoms with E-state index in [-0.39, 0.29) is 11.8 Å². The number of aromatic nitrogens is 1. The number of anilines is 2. The van der Waals surface area contributed by atoms with Gasteiger partial charge in [-0.3, -0.25) is 9.59 Å². The first kappa shape index (κ1) is 18.8. The Labute approximate surface area is 166 Å². The monoisotopic (exact) mass is 423 g/mol. The molecule has 2 aromatic carbocycles. The average Bonchev–Trinajstić information content (AvgIpc) is 2.65. The summed E-state index contributed by atoms with van der Waals surface area (Å²) >= 11 is 3.30. The van der Waals surface area contributed by atoms with Crippen LogP contribution < -0.4 is 10.6 Å². The second-order valence-corrected chi connectivity index (χ2v) is 7.08. The molecule has 1 heterocycles. The zero-order chi connectivity index (χ0) is 19.4. The number of nitrogens with one attached hydrogen (secondary N) is 2. The molecule has 27 heavy (non-hydrogen) atoms. The number of hydrogen-bond acceptors (Lipinski definition) is 3. The number of carbonyl (C=O) groups excluding carboxylic acids is 2. The molecule has 0 aliphatic carbocycles. The topological polar surface area (TPSA) is 71.1 Å². The van der Waals surface area contributed by atoms with Gasteiger partial charge in [-0.15, -0.1) is 0 Å². The quantitative estimate of drug-likeness (QED) is 0.622. The van der Waals surface area contributed by atoms with E-state index in [4.69, 9.17) is 0 Å². The highest BCUT2D eigenvalue weighted by molar-refractivity contribution is 9.10. The molecule has 0 spiro atoms. The highest BCUT2D eigenvalue weighted by Crippen LogP contribution is 2.17. The summed E-state index contributed by atoms with van der Waals surface area (Å²) in [5, 5.41) is 5.58. The van der Waals surface area contributed by atoms with E-state index >= 15 is 0 Å². The fourth-order valence-electron chi connectivity index (χ4n) is 2.56. The van der Waals surface area contributed by atoms with Crippen LogP contribution in [0.2, 0.25) is 0 Å². The molecule has 0 radical (unpaired) electrons. The zero-order valence-electron chi connectivity index (χ0n) is 14.9. The molecule has 0 saturated carbocycles. The van der Waals surface area contributed by atoms with Crippen LogP contribution in [-0.2, 0) is 0 Å². The first-order valence-electron chi connectivity index (χ1n) is 8.34. The summed E-state index contributed by atoms with van der Waals surface area (Å²) in [6.07, 6.45) is 1.61. The highest BCUT2D eigenvalue weighted by atomic mass is 79.9. The molecule has 0 aliphatic rings. The number of aryl methyl sites for hydroxylation is 2. The Morgan fingerprint density at radius 2 is 1.74 bits per heavy atom. The van der Waals surface area contributed by atoms with Crippen LogP contribution in [0.15, 0.2) is 65.3 Å². The molecule has 2 N–H and O–H groups in total. The lowest BCUT2D eigenvalue weighted by molar-refractivity contribution is 0.101. The molecule has 0 aliphatic heterocycles. The smallest absolute Gasteiger partial charge is 0.256 e. The van der Waals surface area contributed by atoms with Gasteiger partial charge in [0.1, 0.15) is 5.82 Å². The number of benzene rings is 2. The van der Waals surface area contributed by atoms with E-state index < -0.39 is 0 Å². The van der Waals surface area contributed by atoms with Gasteiger partial charge in [-0.2, -0.15) is 0 Å². The van der Waals surface area contributed by atoms with Gasteiger partial charge >= 0.3 is 0 Å². The number of halogens is 1. The Bertz CT molecular complexity index is 1000. The molecule has 3 aromatic rings. The van der Waals surface area contributed by atoms with Crippen molar-refractivity contribution in [1.82, 2.24) is 4.98 Å². The minimum Gasteiger partial charge on any atom is -0.322 e. The lowest BCUT2D eigenvalue weighted by Crippen LogP contribution is -2.16. The standard InChI is InChI=1S/C21H18BrN3O2/c1-13-6-7-14(2)18(10-13)21(27)24-17-5-3-4-15(11-17)20(26)25-19-9-8-16(22)12-23-19/h3-12H,1-2H3,(H,24,27)(H,23,25,26). The maximum absolute atomic E-state index is 12.6. The first-order valence-corrected chi connectivity index (χ1v) is 9.13. The lowest BCUT2D eigenvalue weighted by atomic mass is 10.0. The van der Waals surface area contributed by atoms with E-state index in [1.807, 2.05) is 32.0 Å². The second-order valence-electron chi connectivity index (χ2n) is 6.17. The van der Waals surface area contributed by atoms with Crippen molar-refractivity contribution in [2.75, 3.05) is 10.6 Å². The van der Waals surface area contributed by atoms with Gasteiger partial charge in [-0.05, 0) is 71.7 Å². The summed E-state index contributed by atoms with van der Waals surface area (Å²) in [7, 11) is 0. The van der Waals surface area contributed by atoms with Crippen molar-refractivity contribution in [2.24, 2.45) is 0 Å². The van der Waals surface area contributed by atoms with Gasteiger partial charge in [0.05, 0.1) is 0 Å². The normalized spacial score (nSPS) is 10.3. The predicted octanol–water partition coefficient (Wildman–Crippen LogP) is 4.97. The Morgan fingerprint density at radius 1 is 0.926 bits per heavy atom. The van der Waals surface area contributed by atoms with Gasteiger partial charge in [0.15, 0.2) is 0 Å². The maximum Gasteiger partial charge on any atom is 0.256 e. The molecule has 5 nitrogen and oxygen atoms in total. The van der Waals surface area contributed by atoms with Crippen LogP contribution in [-0.4, -0.2) is 16.8 Å². The van der Waals surface area contributed by atoms with E-state index in [1.165, 1.54) is 0 Å². The molecular weight excluding hydrogens is 406 g/mol. The second kappa shape index (κ2) is 8.14. The van der Waals surface area contributed by atoms with E-state index in [9.17, 15) is 9.59 Å². The molecule has 2 amide bonds. The van der Waals surface area contributed by atoms with Crippen molar-refractivity contribution in [3.8, 4) is 0 Å². The Kier molecular flexibility index (Phi) is 5.66. The van der Waals surface area contributed by atoms with Crippen LogP contribution >= 0.6 is 15.9 Å². The van der Waals surface area contributed by atoms with Gasteiger partial charge in [0.25, 0.3) is 11.8 Å². The molecule has 6 heteroatoms. The molecule has 0 saturated heterocycles. The van der Waals surface area contributed by atoms with Crippen molar-refractivity contribution in [2.45, 2.75) is 13.8 Å². The van der Waals surface area contributed by atoms with Gasteiger partial charge in [0.2, 0.25) is 0 Å². The van der Waals surface area contributed by atoms with Crippen molar-refractivity contribution >= 4 is 39.2 Å². The zero-order valence-corrected chi connectivity index (χ0v) is 16.5. The molecule has 136 valence electrons. The number of rotatable bonds is 4. The van der Waals surface area contributed by atoms with Gasteiger partial charge in [-0.1, -0.05) is 23.8 Å². The van der Waals surface area contributed by atoms with Crippen molar-refractivity contribution in [3.63, 3.8) is 0 Å². The van der Waals surface area contributed by atoms with Crippen molar-refractivity contribution < 1.29 is 9.59 Å². The number of pyridine rings is 1. The van der Waals surface area contributed by atoms with Crippen LogP contribution in [0.4, 0.5) is 11.5 Å². The van der Waals surface area contributed by atoms with Crippen molar-refractivity contribution in [1.29, 1.82) is 0 Å². The predicted molar refractivity (Wildman–Crippen MR) is 110 cm³/mol. The maximum atomic E-state index is 12.6. The SMILES string of the molecule is Cc1ccc(C)c(C(=O)Nc2cccc(C(=O)Nc3ccc(Br)cn3)c2)c1. The number of nitrogens with zero attached hydrogens (tertiary/aromatic N) is 1. The lowest BCUT2D eigenvalue weighted by Gasteiger charge is -2.10. The Balaban J connectivity index is 1.75. The summed E-state index contributed by atoms with van der Waals surface area (Å²) < 4.78 is 0.830. The minimum atomic E-state index is -0.298. The third-order valence-corrected chi connectivity index (χ3v) is 4.46. The third-order valence-electron chi connectivity index (χ3n) is 3.99. The number of amides is 2. The summed E-state index contributed by atoms with van der Waals surface area (Å²) in [5.41, 5.74) is 3.51. The van der Waals surface area contributed by atoms with Crippen LogP contribution in [0.3, 0.4) is 0 Å². The molecule has 0 atom stereocenters. The minimum absolute atomic E-state index is 0.205. The highest BCUT2D eigenvalue weighted by Gasteiger charge is 2.12. The summed E-state index contributed by atoms with van der Waals surface area (Å²) in [6.45, 7) is 3.83. The fourth-order valence-corrected chi connectivity index (χ4v) is 2.79. The van der Waals surface area contributed by atoms with Crippen LogP contribution in [0.25, 0.3) is 0 Å². The molecule has 0 fully saturated rings. The van der Waals surface area contributed by atoms with Gasteiger partial charge < -0.3 is 10.6 Å². The van der Waals surface area contributed by atoms with Crippen LogP contribution in [0.5, 0.6) is 0 Å². The van der Waals surface area contributed by atoms with Gasteiger partial charge in [-0.25, -0.2) is 4.98 Å². The summed E-state index contributed by atoms with van der Waals surface area (Å²) in [6, 6.07) is 16.0. The first-order chi connectivity index (χ1) is 12.9. The van der Waals surface area contributed by atoms with Crippen molar-refractivity contribution in [3.05, 3.63) is 87.5 Å². The number of hydrogen-bond donors (Lipinski definition) is 2. The molecule has 1 aromatic heterocycles.